The van der Waals surface area contributed by atoms with Crippen molar-refractivity contribution in [2.24, 2.45) is 0 Å². The predicted octanol–water partition coefficient (Wildman–Crippen LogP) is 5.68. The first kappa shape index (κ1) is 32.1. The topological polar surface area (TPSA) is 96.0 Å². The van der Waals surface area contributed by atoms with Crippen molar-refractivity contribution >= 4 is 27.5 Å². The molecule has 4 rings (SSSR count). The summed E-state index contributed by atoms with van der Waals surface area (Å²) in [5.74, 6) is -0.104. The van der Waals surface area contributed by atoms with Gasteiger partial charge in [-0.2, -0.15) is 0 Å². The number of carbonyl (C=O) groups excluding carboxylic acids is 2. The number of nitrogens with one attached hydrogen (secondary N) is 1. The maximum atomic E-state index is 14.2. The molecule has 0 aliphatic heterocycles. The summed E-state index contributed by atoms with van der Waals surface area (Å²) in [5.41, 5.74) is 4.00. The van der Waals surface area contributed by atoms with E-state index in [1.54, 1.807) is 50.4 Å². The smallest absolute Gasteiger partial charge is 0.264 e. The van der Waals surface area contributed by atoms with Gasteiger partial charge >= 0.3 is 0 Å². The van der Waals surface area contributed by atoms with Crippen LogP contribution in [0, 0.1) is 20.8 Å². The highest BCUT2D eigenvalue weighted by molar-refractivity contribution is 7.92. The zero-order valence-corrected chi connectivity index (χ0v) is 26.6. The predicted molar refractivity (Wildman–Crippen MR) is 170 cm³/mol. The summed E-state index contributed by atoms with van der Waals surface area (Å²) >= 11 is 0. The molecule has 9 heteroatoms. The van der Waals surface area contributed by atoms with Crippen LogP contribution in [-0.4, -0.2) is 50.9 Å². The molecule has 0 spiro atoms. The summed E-state index contributed by atoms with van der Waals surface area (Å²) in [6, 6.07) is 18.5. The number of aryl methyl sites for hydroxylation is 3. The Morgan fingerprint density at radius 2 is 1.63 bits per heavy atom. The summed E-state index contributed by atoms with van der Waals surface area (Å²) < 4.78 is 34.7. The van der Waals surface area contributed by atoms with Crippen LogP contribution < -0.4 is 14.4 Å². The van der Waals surface area contributed by atoms with Gasteiger partial charge in [0.25, 0.3) is 10.0 Å². The van der Waals surface area contributed by atoms with Crippen LogP contribution in [-0.2, 0) is 26.2 Å². The number of hydrogen-bond donors (Lipinski definition) is 1. The third-order valence-corrected chi connectivity index (χ3v) is 10.1. The standard InChI is InChI=1S/C34H43N3O5S/c1-24-14-18-32(19-15-24)43(40,41)37(30-17-16-25(2)26(3)20-30)23-33(38)36(22-28-10-9-13-31(21-28)42-5)27(4)34(39)35-29-11-7-6-8-12-29/h9-10,13-21,27,29H,6-8,11-12,22-23H2,1-5H3,(H,35,39)/t27-/m1/s1. The highest BCUT2D eigenvalue weighted by atomic mass is 32.2. The lowest BCUT2D eigenvalue weighted by Crippen LogP contribution is -2.53. The molecule has 1 fully saturated rings. The van der Waals surface area contributed by atoms with Crippen molar-refractivity contribution in [2.75, 3.05) is 18.0 Å². The lowest BCUT2D eigenvalue weighted by Gasteiger charge is -2.33. The van der Waals surface area contributed by atoms with E-state index in [-0.39, 0.29) is 23.4 Å². The van der Waals surface area contributed by atoms with E-state index < -0.39 is 28.5 Å². The lowest BCUT2D eigenvalue weighted by molar-refractivity contribution is -0.139. The Labute approximate surface area is 256 Å². The highest BCUT2D eigenvalue weighted by Gasteiger charge is 2.33. The largest absolute Gasteiger partial charge is 0.497 e. The Balaban J connectivity index is 1.70. The van der Waals surface area contributed by atoms with Gasteiger partial charge in [-0.1, -0.05) is 55.2 Å². The summed E-state index contributed by atoms with van der Waals surface area (Å²) in [7, 11) is -2.55. The summed E-state index contributed by atoms with van der Waals surface area (Å²) in [6.45, 7) is 7.09. The van der Waals surface area contributed by atoms with E-state index in [0.717, 1.165) is 58.7 Å². The van der Waals surface area contributed by atoms with Crippen LogP contribution in [0.2, 0.25) is 0 Å². The summed E-state index contributed by atoms with van der Waals surface area (Å²) in [6.07, 6.45) is 5.11. The van der Waals surface area contributed by atoms with Gasteiger partial charge in [-0.3, -0.25) is 13.9 Å². The van der Waals surface area contributed by atoms with Crippen molar-refractivity contribution in [2.45, 2.75) is 83.3 Å². The van der Waals surface area contributed by atoms with Crippen LogP contribution in [0.15, 0.2) is 71.6 Å². The number of methoxy groups -OCH3 is 1. The molecule has 1 aliphatic rings. The van der Waals surface area contributed by atoms with Gasteiger partial charge in [0.05, 0.1) is 17.7 Å². The van der Waals surface area contributed by atoms with Gasteiger partial charge in [-0.25, -0.2) is 8.42 Å². The van der Waals surface area contributed by atoms with Crippen LogP contribution in [0.4, 0.5) is 5.69 Å². The van der Waals surface area contributed by atoms with E-state index in [1.165, 1.54) is 4.90 Å². The van der Waals surface area contributed by atoms with Crippen LogP contribution in [0.5, 0.6) is 5.75 Å². The molecule has 0 radical (unpaired) electrons. The SMILES string of the molecule is COc1cccc(CN(C(=O)CN(c2ccc(C)c(C)c2)S(=O)(=O)c2ccc(C)cc2)[C@H](C)C(=O)NC2CCCCC2)c1. The minimum atomic E-state index is -4.12. The van der Waals surface area contributed by atoms with E-state index in [0.29, 0.717) is 11.4 Å². The molecule has 0 saturated heterocycles. The zero-order chi connectivity index (χ0) is 31.1. The van der Waals surface area contributed by atoms with E-state index in [4.69, 9.17) is 4.74 Å². The van der Waals surface area contributed by atoms with Crippen molar-refractivity contribution in [3.05, 3.63) is 89.0 Å². The molecule has 1 aliphatic carbocycles. The number of ether oxygens (including phenoxy) is 1. The number of sulfonamides is 1. The third-order valence-electron chi connectivity index (χ3n) is 8.27. The average molecular weight is 606 g/mol. The molecular formula is C34H43N3O5S. The van der Waals surface area contributed by atoms with Gasteiger partial charge < -0.3 is 15.0 Å². The number of hydrogen-bond acceptors (Lipinski definition) is 5. The van der Waals surface area contributed by atoms with Crippen molar-refractivity contribution in [3.8, 4) is 5.75 Å². The second-order valence-corrected chi connectivity index (χ2v) is 13.3. The van der Waals surface area contributed by atoms with Gasteiger partial charge in [0.15, 0.2) is 0 Å². The first-order valence-electron chi connectivity index (χ1n) is 14.9. The number of carbonyl (C=O) groups is 2. The van der Waals surface area contributed by atoms with Crippen LogP contribution >= 0.6 is 0 Å². The molecule has 8 nitrogen and oxygen atoms in total. The molecule has 43 heavy (non-hydrogen) atoms. The third kappa shape index (κ3) is 7.96. The van der Waals surface area contributed by atoms with E-state index in [2.05, 4.69) is 5.32 Å². The number of nitrogens with zero attached hydrogens (tertiary/aromatic N) is 2. The summed E-state index contributed by atoms with van der Waals surface area (Å²) in [4.78, 5) is 29.3. The Morgan fingerprint density at radius 3 is 2.28 bits per heavy atom. The molecule has 0 aromatic heterocycles. The molecule has 3 aromatic rings. The second-order valence-electron chi connectivity index (χ2n) is 11.5. The normalized spacial score (nSPS) is 14.5. The Hall–Kier alpha value is -3.85. The molecule has 230 valence electrons. The van der Waals surface area contributed by atoms with Gasteiger partial charge in [-0.15, -0.1) is 0 Å². The van der Waals surface area contributed by atoms with Crippen molar-refractivity contribution in [3.63, 3.8) is 0 Å². The van der Waals surface area contributed by atoms with Gasteiger partial charge in [0, 0.05) is 12.6 Å². The fourth-order valence-electron chi connectivity index (χ4n) is 5.37. The fourth-order valence-corrected chi connectivity index (χ4v) is 6.77. The Bertz CT molecular complexity index is 1530. The fraction of sp³-hybridized carbons (Fsp3) is 0.412. The minimum absolute atomic E-state index is 0.0754. The number of amides is 2. The highest BCUT2D eigenvalue weighted by Crippen LogP contribution is 2.27. The van der Waals surface area contributed by atoms with Gasteiger partial charge in [0.2, 0.25) is 11.8 Å². The zero-order valence-electron chi connectivity index (χ0n) is 25.8. The second kappa shape index (κ2) is 14.1. The molecule has 1 atom stereocenters. The molecule has 1 N–H and O–H groups in total. The average Bonchev–Trinajstić information content (AvgIpc) is 3.00. The molecule has 0 unspecified atom stereocenters. The Morgan fingerprint density at radius 1 is 0.930 bits per heavy atom. The lowest BCUT2D eigenvalue weighted by atomic mass is 9.95. The van der Waals surface area contributed by atoms with E-state index in [1.807, 2.05) is 51.1 Å². The monoisotopic (exact) mass is 605 g/mol. The van der Waals surface area contributed by atoms with Crippen molar-refractivity contribution < 1.29 is 22.7 Å². The first-order valence-corrected chi connectivity index (χ1v) is 16.3. The molecule has 0 heterocycles. The maximum Gasteiger partial charge on any atom is 0.264 e. The minimum Gasteiger partial charge on any atom is -0.497 e. The molecule has 3 aromatic carbocycles. The number of benzene rings is 3. The van der Waals surface area contributed by atoms with Gasteiger partial charge in [-0.05, 0) is 93.6 Å². The maximum absolute atomic E-state index is 14.2. The van der Waals surface area contributed by atoms with Crippen molar-refractivity contribution in [1.82, 2.24) is 10.2 Å². The summed E-state index contributed by atoms with van der Waals surface area (Å²) in [5, 5.41) is 3.13. The van der Waals surface area contributed by atoms with Crippen LogP contribution in [0.3, 0.4) is 0 Å². The number of rotatable bonds is 11. The molecule has 2 amide bonds. The molecular weight excluding hydrogens is 562 g/mol. The molecule has 1 saturated carbocycles. The number of anilines is 1. The van der Waals surface area contributed by atoms with Gasteiger partial charge in [0.1, 0.15) is 18.3 Å². The van der Waals surface area contributed by atoms with Crippen LogP contribution in [0.25, 0.3) is 0 Å². The van der Waals surface area contributed by atoms with Crippen molar-refractivity contribution in [1.29, 1.82) is 0 Å². The van der Waals surface area contributed by atoms with E-state index in [9.17, 15) is 18.0 Å². The Kier molecular flexibility index (Phi) is 10.5. The van der Waals surface area contributed by atoms with E-state index >= 15 is 0 Å². The van der Waals surface area contributed by atoms with Crippen LogP contribution in [0.1, 0.15) is 61.3 Å². The first-order chi connectivity index (χ1) is 20.5. The molecule has 0 bridgehead atoms. The quantitative estimate of drug-likeness (QED) is 0.303.